The van der Waals surface area contributed by atoms with Crippen molar-refractivity contribution in [1.29, 1.82) is 0 Å². The maximum Gasteiger partial charge on any atom is 0.135 e. The van der Waals surface area contributed by atoms with E-state index in [0.29, 0.717) is 5.92 Å². The fourth-order valence-corrected chi connectivity index (χ4v) is 4.07. The molecule has 0 N–H and O–H groups in total. The van der Waals surface area contributed by atoms with Crippen molar-refractivity contribution in [3.63, 3.8) is 0 Å². The van der Waals surface area contributed by atoms with E-state index in [1.54, 1.807) is 0 Å². The predicted molar refractivity (Wildman–Crippen MR) is 94.4 cm³/mol. The third kappa shape index (κ3) is 2.99. The Morgan fingerprint density at radius 1 is 1.00 bits per heavy atom. The molecule has 126 valence electrons. The summed E-state index contributed by atoms with van der Waals surface area (Å²) in [7, 11) is 0. The summed E-state index contributed by atoms with van der Waals surface area (Å²) in [6.07, 6.45) is 9.01. The van der Waals surface area contributed by atoms with Crippen LogP contribution >= 0.6 is 0 Å². The third-order valence-electron chi connectivity index (χ3n) is 5.21. The van der Waals surface area contributed by atoms with Gasteiger partial charge in [-0.1, -0.05) is 0 Å². The van der Waals surface area contributed by atoms with Crippen LogP contribution in [0.1, 0.15) is 60.2 Å². The topological polar surface area (TPSA) is 54.8 Å². The van der Waals surface area contributed by atoms with E-state index in [2.05, 4.69) is 20.9 Å². The summed E-state index contributed by atoms with van der Waals surface area (Å²) < 4.78 is 0. The molecule has 0 spiro atoms. The van der Waals surface area contributed by atoms with E-state index in [0.717, 1.165) is 37.6 Å². The highest BCUT2D eigenvalue weighted by molar-refractivity contribution is 5.51. The van der Waals surface area contributed by atoms with Gasteiger partial charge in [0.15, 0.2) is 0 Å². The molecule has 4 rings (SSSR count). The zero-order valence-electron chi connectivity index (χ0n) is 14.6. The molecule has 0 bridgehead atoms. The van der Waals surface area contributed by atoms with Crippen LogP contribution < -0.4 is 4.90 Å². The summed E-state index contributed by atoms with van der Waals surface area (Å²) in [6, 6.07) is 2.07. The molecule has 0 amide bonds. The van der Waals surface area contributed by atoms with Crippen molar-refractivity contribution in [1.82, 2.24) is 19.9 Å². The van der Waals surface area contributed by atoms with Gasteiger partial charge in [0.25, 0.3) is 0 Å². The van der Waals surface area contributed by atoms with Crippen LogP contribution in [0.15, 0.2) is 12.3 Å². The highest BCUT2D eigenvalue weighted by Crippen LogP contribution is 2.33. The minimum absolute atomic E-state index is 0.468. The molecule has 2 aliphatic rings. The zero-order valence-corrected chi connectivity index (χ0v) is 14.6. The number of aromatic nitrogens is 4. The third-order valence-corrected chi connectivity index (χ3v) is 5.21. The van der Waals surface area contributed by atoms with Crippen LogP contribution in [-0.2, 0) is 12.8 Å². The van der Waals surface area contributed by atoms with Crippen molar-refractivity contribution in [2.45, 2.75) is 58.3 Å². The molecular formula is C19H25N5. The normalized spacial score (nSPS) is 20.8. The molecule has 0 saturated carbocycles. The molecule has 24 heavy (non-hydrogen) atoms. The minimum Gasteiger partial charge on any atom is -0.356 e. The van der Waals surface area contributed by atoms with Crippen LogP contribution in [0.3, 0.4) is 0 Å². The Morgan fingerprint density at radius 2 is 1.88 bits per heavy atom. The SMILES string of the molecule is Cc1nccc(C2CCCN(c3nc(C)nc4c3CCCC4)C2)n1. The lowest BCUT2D eigenvalue weighted by molar-refractivity contribution is 0.493. The van der Waals surface area contributed by atoms with Crippen LogP contribution in [0.4, 0.5) is 5.82 Å². The van der Waals surface area contributed by atoms with E-state index in [-0.39, 0.29) is 0 Å². The minimum atomic E-state index is 0.468. The van der Waals surface area contributed by atoms with Gasteiger partial charge >= 0.3 is 0 Å². The summed E-state index contributed by atoms with van der Waals surface area (Å²) in [5.74, 6) is 3.42. The first kappa shape index (κ1) is 15.5. The average molecular weight is 323 g/mol. The van der Waals surface area contributed by atoms with E-state index in [1.807, 2.05) is 20.0 Å². The van der Waals surface area contributed by atoms with Crippen molar-refractivity contribution in [2.24, 2.45) is 0 Å². The molecule has 2 aromatic heterocycles. The van der Waals surface area contributed by atoms with Gasteiger partial charge in [0, 0.05) is 42.2 Å². The summed E-state index contributed by atoms with van der Waals surface area (Å²) in [5.41, 5.74) is 3.85. The quantitative estimate of drug-likeness (QED) is 0.850. The summed E-state index contributed by atoms with van der Waals surface area (Å²) >= 11 is 0. The average Bonchev–Trinajstić information content (AvgIpc) is 2.61. The number of hydrogen-bond acceptors (Lipinski definition) is 5. The molecular weight excluding hydrogens is 298 g/mol. The summed E-state index contributed by atoms with van der Waals surface area (Å²) in [6.45, 7) is 6.07. The molecule has 5 nitrogen and oxygen atoms in total. The van der Waals surface area contributed by atoms with Gasteiger partial charge in [0.05, 0.1) is 0 Å². The van der Waals surface area contributed by atoms with Crippen LogP contribution in [0.2, 0.25) is 0 Å². The molecule has 1 unspecified atom stereocenters. The van der Waals surface area contributed by atoms with Crippen molar-refractivity contribution in [3.8, 4) is 0 Å². The number of rotatable bonds is 2. The number of fused-ring (bicyclic) bond motifs is 1. The van der Waals surface area contributed by atoms with Gasteiger partial charge in [0.2, 0.25) is 0 Å². The van der Waals surface area contributed by atoms with Crippen LogP contribution in [0.5, 0.6) is 0 Å². The second-order valence-corrected chi connectivity index (χ2v) is 7.04. The standard InChI is InChI=1S/C19H25N5/c1-13-20-10-9-17(21-13)15-6-5-11-24(12-15)19-16-7-3-4-8-18(16)22-14(2)23-19/h9-10,15H,3-8,11-12H2,1-2H3. The van der Waals surface area contributed by atoms with Crippen molar-refractivity contribution in [2.75, 3.05) is 18.0 Å². The molecule has 0 radical (unpaired) electrons. The lowest BCUT2D eigenvalue weighted by atomic mass is 9.92. The smallest absolute Gasteiger partial charge is 0.135 e. The highest BCUT2D eigenvalue weighted by atomic mass is 15.2. The van der Waals surface area contributed by atoms with Gasteiger partial charge in [0.1, 0.15) is 17.5 Å². The second kappa shape index (κ2) is 6.46. The van der Waals surface area contributed by atoms with Gasteiger partial charge in [-0.05, 0) is 58.4 Å². The van der Waals surface area contributed by atoms with E-state index in [1.165, 1.54) is 48.5 Å². The Morgan fingerprint density at radius 3 is 2.75 bits per heavy atom. The fourth-order valence-electron chi connectivity index (χ4n) is 4.07. The van der Waals surface area contributed by atoms with Gasteiger partial charge < -0.3 is 4.90 Å². The number of hydrogen-bond donors (Lipinski definition) is 0. The summed E-state index contributed by atoms with van der Waals surface area (Å²) in [5, 5.41) is 0. The van der Waals surface area contributed by atoms with E-state index >= 15 is 0 Å². The van der Waals surface area contributed by atoms with E-state index < -0.39 is 0 Å². The number of nitrogens with zero attached hydrogens (tertiary/aromatic N) is 5. The maximum absolute atomic E-state index is 4.84. The molecule has 2 aromatic rings. The van der Waals surface area contributed by atoms with Gasteiger partial charge in [-0.3, -0.25) is 0 Å². The van der Waals surface area contributed by atoms with Crippen molar-refractivity contribution >= 4 is 5.82 Å². The molecule has 1 aliphatic carbocycles. The molecule has 1 fully saturated rings. The molecule has 1 aliphatic heterocycles. The van der Waals surface area contributed by atoms with Crippen molar-refractivity contribution in [3.05, 3.63) is 40.9 Å². The fraction of sp³-hybridized carbons (Fsp3) is 0.579. The first-order chi connectivity index (χ1) is 11.7. The molecule has 1 atom stereocenters. The Labute approximate surface area is 143 Å². The maximum atomic E-state index is 4.84. The Bertz CT molecular complexity index is 743. The van der Waals surface area contributed by atoms with Crippen LogP contribution in [-0.4, -0.2) is 33.0 Å². The first-order valence-electron chi connectivity index (χ1n) is 9.11. The second-order valence-electron chi connectivity index (χ2n) is 7.04. The van der Waals surface area contributed by atoms with Crippen LogP contribution in [0, 0.1) is 13.8 Å². The highest BCUT2D eigenvalue weighted by Gasteiger charge is 2.27. The van der Waals surface area contributed by atoms with E-state index in [4.69, 9.17) is 9.97 Å². The predicted octanol–water partition coefficient (Wildman–Crippen LogP) is 3.15. The molecule has 5 heteroatoms. The van der Waals surface area contributed by atoms with Gasteiger partial charge in [-0.2, -0.15) is 0 Å². The zero-order chi connectivity index (χ0) is 16.5. The largest absolute Gasteiger partial charge is 0.356 e. The number of aryl methyl sites for hydroxylation is 3. The molecule has 1 saturated heterocycles. The van der Waals surface area contributed by atoms with Gasteiger partial charge in [-0.15, -0.1) is 0 Å². The van der Waals surface area contributed by atoms with E-state index in [9.17, 15) is 0 Å². The number of anilines is 1. The number of piperidine rings is 1. The lowest BCUT2D eigenvalue weighted by Gasteiger charge is -2.35. The Hall–Kier alpha value is -2.04. The Kier molecular flexibility index (Phi) is 4.17. The van der Waals surface area contributed by atoms with Gasteiger partial charge in [-0.25, -0.2) is 19.9 Å². The Balaban J connectivity index is 1.64. The first-order valence-corrected chi connectivity index (χ1v) is 9.11. The summed E-state index contributed by atoms with van der Waals surface area (Å²) in [4.78, 5) is 20.9. The van der Waals surface area contributed by atoms with Crippen LogP contribution in [0.25, 0.3) is 0 Å². The lowest BCUT2D eigenvalue weighted by Crippen LogP contribution is -2.36. The molecule has 0 aromatic carbocycles. The molecule has 3 heterocycles. The van der Waals surface area contributed by atoms with Crippen molar-refractivity contribution < 1.29 is 0 Å². The monoisotopic (exact) mass is 323 g/mol.